The minimum atomic E-state index is -0.777. The van der Waals surface area contributed by atoms with Crippen LogP contribution in [0.4, 0.5) is 14.5 Å². The van der Waals surface area contributed by atoms with Crippen LogP contribution in [0.1, 0.15) is 23.1 Å². The van der Waals surface area contributed by atoms with Gasteiger partial charge in [0, 0.05) is 18.7 Å². The summed E-state index contributed by atoms with van der Waals surface area (Å²) in [5.41, 5.74) is 3.85. The second-order valence-electron chi connectivity index (χ2n) is 4.86. The van der Waals surface area contributed by atoms with Gasteiger partial charge in [0.25, 0.3) is 0 Å². The molecule has 19 heavy (non-hydrogen) atoms. The van der Waals surface area contributed by atoms with E-state index in [2.05, 4.69) is 5.32 Å². The van der Waals surface area contributed by atoms with Gasteiger partial charge in [-0.2, -0.15) is 0 Å². The van der Waals surface area contributed by atoms with Crippen molar-refractivity contribution in [3.05, 3.63) is 64.7 Å². The number of fused-ring (bicyclic) bond motifs is 1. The van der Waals surface area contributed by atoms with E-state index in [1.165, 1.54) is 5.56 Å². The Morgan fingerprint density at radius 2 is 1.79 bits per heavy atom. The van der Waals surface area contributed by atoms with Crippen LogP contribution in [0.5, 0.6) is 0 Å². The summed E-state index contributed by atoms with van der Waals surface area (Å²) in [4.78, 5) is 0. The molecule has 1 nitrogen and oxygen atoms in total. The molecule has 3 heteroatoms. The molecule has 0 unspecified atom stereocenters. The number of benzene rings is 2. The average Bonchev–Trinajstić information content (AvgIpc) is 2.44. The second kappa shape index (κ2) is 5.00. The van der Waals surface area contributed by atoms with Gasteiger partial charge in [-0.05, 0) is 41.7 Å². The molecule has 0 saturated heterocycles. The lowest BCUT2D eigenvalue weighted by Crippen LogP contribution is -2.13. The summed E-state index contributed by atoms with van der Waals surface area (Å²) in [6.45, 7) is 0.977. The molecule has 3 rings (SSSR count). The van der Waals surface area contributed by atoms with Gasteiger partial charge in [-0.1, -0.05) is 24.3 Å². The summed E-state index contributed by atoms with van der Waals surface area (Å²) in [5.74, 6) is -1.51. The summed E-state index contributed by atoms with van der Waals surface area (Å²) in [6.07, 6.45) is 2.51. The minimum absolute atomic E-state index is 0.416. The Labute approximate surface area is 111 Å². The number of halogens is 2. The van der Waals surface area contributed by atoms with Gasteiger partial charge in [0.05, 0.1) is 0 Å². The van der Waals surface area contributed by atoms with Crippen LogP contribution in [0.15, 0.2) is 36.4 Å². The van der Waals surface area contributed by atoms with Crippen LogP contribution in [0.3, 0.4) is 0 Å². The molecule has 1 heterocycles. The molecule has 0 aliphatic carbocycles. The van der Waals surface area contributed by atoms with Crippen molar-refractivity contribution in [2.75, 3.05) is 11.9 Å². The van der Waals surface area contributed by atoms with E-state index in [1.807, 2.05) is 18.2 Å². The smallest absolute Gasteiger partial charge is 0.162 e. The third kappa shape index (κ3) is 2.33. The zero-order chi connectivity index (χ0) is 13.2. The Balaban J connectivity index is 1.97. The first-order valence-electron chi connectivity index (χ1n) is 6.53. The molecule has 0 fully saturated rings. The fourth-order valence-corrected chi connectivity index (χ4v) is 2.64. The molecule has 98 valence electrons. The van der Waals surface area contributed by atoms with Gasteiger partial charge in [-0.15, -0.1) is 0 Å². The summed E-state index contributed by atoms with van der Waals surface area (Å²) >= 11 is 0. The van der Waals surface area contributed by atoms with Crippen molar-refractivity contribution in [2.24, 2.45) is 0 Å². The van der Waals surface area contributed by atoms with E-state index in [1.54, 1.807) is 12.1 Å². The first-order valence-corrected chi connectivity index (χ1v) is 6.53. The van der Waals surface area contributed by atoms with E-state index >= 15 is 0 Å². The van der Waals surface area contributed by atoms with Gasteiger partial charge in [0.1, 0.15) is 0 Å². The minimum Gasteiger partial charge on any atom is -0.385 e. The SMILES string of the molecule is Fc1cccc(Cc2cccc3c2CCCN3)c1F. The van der Waals surface area contributed by atoms with Gasteiger partial charge in [-0.25, -0.2) is 8.78 Å². The topological polar surface area (TPSA) is 12.0 Å². The van der Waals surface area contributed by atoms with E-state index in [0.717, 1.165) is 36.7 Å². The third-order valence-electron chi connectivity index (χ3n) is 3.60. The van der Waals surface area contributed by atoms with E-state index in [0.29, 0.717) is 12.0 Å². The third-order valence-corrected chi connectivity index (χ3v) is 3.60. The first kappa shape index (κ1) is 12.2. The molecule has 0 saturated carbocycles. The number of hydrogen-bond acceptors (Lipinski definition) is 1. The molecular weight excluding hydrogens is 244 g/mol. The monoisotopic (exact) mass is 259 g/mol. The van der Waals surface area contributed by atoms with Crippen LogP contribution in [-0.2, 0) is 12.8 Å². The summed E-state index contributed by atoms with van der Waals surface area (Å²) in [5, 5.41) is 3.35. The molecular formula is C16H15F2N. The van der Waals surface area contributed by atoms with Crippen molar-refractivity contribution in [1.82, 2.24) is 0 Å². The molecule has 0 atom stereocenters. The molecule has 0 amide bonds. The molecule has 0 bridgehead atoms. The molecule has 0 radical (unpaired) electrons. The molecule has 2 aromatic carbocycles. The zero-order valence-corrected chi connectivity index (χ0v) is 10.5. The second-order valence-corrected chi connectivity index (χ2v) is 4.86. The van der Waals surface area contributed by atoms with Gasteiger partial charge in [-0.3, -0.25) is 0 Å². The Morgan fingerprint density at radius 3 is 2.68 bits per heavy atom. The van der Waals surface area contributed by atoms with Gasteiger partial charge < -0.3 is 5.32 Å². The van der Waals surface area contributed by atoms with E-state index < -0.39 is 11.6 Å². The van der Waals surface area contributed by atoms with Crippen molar-refractivity contribution in [2.45, 2.75) is 19.3 Å². The maximum Gasteiger partial charge on any atom is 0.162 e. The Morgan fingerprint density at radius 1 is 1.00 bits per heavy atom. The predicted octanol–water partition coefficient (Wildman–Crippen LogP) is 3.91. The predicted molar refractivity (Wildman–Crippen MR) is 72.4 cm³/mol. The molecule has 1 N–H and O–H groups in total. The first-order chi connectivity index (χ1) is 9.25. The van der Waals surface area contributed by atoms with Crippen LogP contribution in [0.2, 0.25) is 0 Å². The number of rotatable bonds is 2. The van der Waals surface area contributed by atoms with Crippen molar-refractivity contribution in [3.63, 3.8) is 0 Å². The fraction of sp³-hybridized carbons (Fsp3) is 0.250. The maximum atomic E-state index is 13.7. The number of nitrogens with one attached hydrogen (secondary N) is 1. The zero-order valence-electron chi connectivity index (χ0n) is 10.5. The number of hydrogen-bond donors (Lipinski definition) is 1. The van der Waals surface area contributed by atoms with Crippen molar-refractivity contribution in [1.29, 1.82) is 0 Å². The van der Waals surface area contributed by atoms with Crippen LogP contribution in [-0.4, -0.2) is 6.54 Å². The highest BCUT2D eigenvalue weighted by Crippen LogP contribution is 2.27. The highest BCUT2D eigenvalue weighted by molar-refractivity contribution is 5.57. The Hall–Kier alpha value is -1.90. The van der Waals surface area contributed by atoms with E-state index in [9.17, 15) is 8.78 Å². The van der Waals surface area contributed by atoms with Gasteiger partial charge in [0.15, 0.2) is 11.6 Å². The van der Waals surface area contributed by atoms with E-state index in [4.69, 9.17) is 0 Å². The lowest BCUT2D eigenvalue weighted by molar-refractivity contribution is 0.500. The summed E-state index contributed by atoms with van der Waals surface area (Å²) < 4.78 is 27.0. The molecule has 1 aliphatic rings. The molecule has 0 spiro atoms. The van der Waals surface area contributed by atoms with Crippen LogP contribution in [0.25, 0.3) is 0 Å². The largest absolute Gasteiger partial charge is 0.385 e. The lowest BCUT2D eigenvalue weighted by atomic mass is 9.93. The van der Waals surface area contributed by atoms with Crippen LogP contribution >= 0.6 is 0 Å². The number of anilines is 1. The Kier molecular flexibility index (Phi) is 3.20. The van der Waals surface area contributed by atoms with Crippen molar-refractivity contribution >= 4 is 5.69 Å². The standard InChI is InChI=1S/C16H15F2N/c17-14-7-1-5-12(16(14)18)10-11-4-2-8-15-13(11)6-3-9-19-15/h1-2,4-5,7-8,19H,3,6,9-10H2. The highest BCUT2D eigenvalue weighted by Gasteiger charge is 2.14. The van der Waals surface area contributed by atoms with Crippen molar-refractivity contribution in [3.8, 4) is 0 Å². The average molecular weight is 259 g/mol. The summed E-state index contributed by atoms with van der Waals surface area (Å²) in [6, 6.07) is 10.4. The normalized spacial score (nSPS) is 13.8. The van der Waals surface area contributed by atoms with Gasteiger partial charge in [0.2, 0.25) is 0 Å². The summed E-state index contributed by atoms with van der Waals surface area (Å²) in [7, 11) is 0. The molecule has 2 aromatic rings. The quantitative estimate of drug-likeness (QED) is 0.862. The van der Waals surface area contributed by atoms with E-state index in [-0.39, 0.29) is 0 Å². The van der Waals surface area contributed by atoms with Crippen molar-refractivity contribution < 1.29 is 8.78 Å². The molecule has 1 aliphatic heterocycles. The van der Waals surface area contributed by atoms with Crippen LogP contribution in [0, 0.1) is 11.6 Å². The Bertz CT molecular complexity index is 608. The lowest BCUT2D eigenvalue weighted by Gasteiger charge is -2.21. The molecule has 0 aromatic heterocycles. The van der Waals surface area contributed by atoms with Crippen LogP contribution < -0.4 is 5.32 Å². The fourth-order valence-electron chi connectivity index (χ4n) is 2.64. The van der Waals surface area contributed by atoms with Gasteiger partial charge >= 0.3 is 0 Å². The maximum absolute atomic E-state index is 13.7. The highest BCUT2D eigenvalue weighted by atomic mass is 19.2.